The van der Waals surface area contributed by atoms with E-state index in [2.05, 4.69) is 0 Å². The van der Waals surface area contributed by atoms with Crippen molar-refractivity contribution in [2.75, 3.05) is 13.2 Å². The number of aryl methyl sites for hydroxylation is 1. The Balaban J connectivity index is 1.54. The molecule has 1 aliphatic carbocycles. The van der Waals surface area contributed by atoms with E-state index in [-0.39, 0.29) is 12.5 Å². The third kappa shape index (κ3) is 2.91. The quantitative estimate of drug-likeness (QED) is 0.832. The van der Waals surface area contributed by atoms with Crippen LogP contribution in [0.25, 0.3) is 0 Å². The van der Waals surface area contributed by atoms with E-state index in [1.807, 2.05) is 36.1 Å². The molecule has 0 spiro atoms. The number of benzene rings is 1. The van der Waals surface area contributed by atoms with E-state index < -0.39 is 0 Å². The summed E-state index contributed by atoms with van der Waals surface area (Å²) in [4.78, 5) is 14.3. The third-order valence-corrected chi connectivity index (χ3v) is 4.17. The van der Waals surface area contributed by atoms with Gasteiger partial charge in [-0.15, -0.1) is 0 Å². The molecule has 0 aromatic heterocycles. The molecule has 3 rings (SSSR count). The van der Waals surface area contributed by atoms with E-state index in [4.69, 9.17) is 4.74 Å². The number of hydrogen-bond donors (Lipinski definition) is 0. The van der Waals surface area contributed by atoms with E-state index in [0.717, 1.165) is 24.6 Å². The van der Waals surface area contributed by atoms with Crippen LogP contribution in [0, 0.1) is 12.8 Å². The number of likely N-dealkylation sites (tertiary alicyclic amines) is 1. The molecule has 1 unspecified atom stereocenters. The minimum absolute atomic E-state index is 0.148. The van der Waals surface area contributed by atoms with Crippen LogP contribution in [0.15, 0.2) is 24.3 Å². The number of hydrogen-bond acceptors (Lipinski definition) is 2. The van der Waals surface area contributed by atoms with Gasteiger partial charge in [0.05, 0.1) is 0 Å². The van der Waals surface area contributed by atoms with Gasteiger partial charge in [0.1, 0.15) is 5.75 Å². The van der Waals surface area contributed by atoms with Crippen molar-refractivity contribution >= 4 is 5.91 Å². The molecule has 0 radical (unpaired) electrons. The van der Waals surface area contributed by atoms with Crippen molar-refractivity contribution in [1.82, 2.24) is 4.90 Å². The van der Waals surface area contributed by atoms with Crippen LogP contribution in [0.3, 0.4) is 0 Å². The van der Waals surface area contributed by atoms with Crippen LogP contribution in [0.5, 0.6) is 5.75 Å². The highest BCUT2D eigenvalue weighted by molar-refractivity contribution is 5.78. The predicted molar refractivity (Wildman–Crippen MR) is 74.1 cm³/mol. The third-order valence-electron chi connectivity index (χ3n) is 4.17. The number of nitrogens with zero attached hydrogens (tertiary/aromatic N) is 1. The molecule has 19 heavy (non-hydrogen) atoms. The van der Waals surface area contributed by atoms with Gasteiger partial charge in [0.15, 0.2) is 6.61 Å². The predicted octanol–water partition coefficient (Wildman–Crippen LogP) is 2.77. The summed E-state index contributed by atoms with van der Waals surface area (Å²) >= 11 is 0. The first-order valence-corrected chi connectivity index (χ1v) is 7.23. The molecule has 3 heteroatoms. The van der Waals surface area contributed by atoms with Crippen molar-refractivity contribution in [3.05, 3.63) is 29.8 Å². The Morgan fingerprint density at radius 3 is 2.68 bits per heavy atom. The summed E-state index contributed by atoms with van der Waals surface area (Å²) in [6, 6.07) is 8.34. The maximum Gasteiger partial charge on any atom is 0.260 e. The maximum atomic E-state index is 12.2. The second-order valence-corrected chi connectivity index (χ2v) is 5.74. The van der Waals surface area contributed by atoms with E-state index >= 15 is 0 Å². The number of rotatable bonds is 4. The van der Waals surface area contributed by atoms with Gasteiger partial charge in [0, 0.05) is 12.6 Å². The first kappa shape index (κ1) is 12.5. The Morgan fingerprint density at radius 1 is 1.26 bits per heavy atom. The highest BCUT2D eigenvalue weighted by Crippen LogP contribution is 2.40. The molecule has 0 bridgehead atoms. The monoisotopic (exact) mass is 259 g/mol. The fourth-order valence-corrected chi connectivity index (χ4v) is 2.94. The molecular weight excluding hydrogens is 238 g/mol. The fourth-order valence-electron chi connectivity index (χ4n) is 2.94. The summed E-state index contributed by atoms with van der Waals surface area (Å²) < 4.78 is 5.59. The van der Waals surface area contributed by atoms with Crippen molar-refractivity contribution in [2.24, 2.45) is 5.92 Å². The first-order valence-electron chi connectivity index (χ1n) is 7.23. The van der Waals surface area contributed by atoms with Crippen LogP contribution in [0.2, 0.25) is 0 Å². The van der Waals surface area contributed by atoms with Crippen molar-refractivity contribution < 1.29 is 9.53 Å². The lowest BCUT2D eigenvalue weighted by Crippen LogP contribution is -2.39. The van der Waals surface area contributed by atoms with Crippen molar-refractivity contribution in [1.29, 1.82) is 0 Å². The van der Waals surface area contributed by atoms with Crippen LogP contribution < -0.4 is 4.74 Å². The highest BCUT2D eigenvalue weighted by atomic mass is 16.5. The second-order valence-electron chi connectivity index (χ2n) is 5.74. The fraction of sp³-hybridized carbons (Fsp3) is 0.562. The highest BCUT2D eigenvalue weighted by Gasteiger charge is 2.39. The lowest BCUT2D eigenvalue weighted by atomic mass is 10.1. The molecule has 0 N–H and O–H groups in total. The van der Waals surface area contributed by atoms with Gasteiger partial charge in [-0.3, -0.25) is 4.79 Å². The van der Waals surface area contributed by atoms with Crippen LogP contribution in [0.1, 0.15) is 31.2 Å². The maximum absolute atomic E-state index is 12.2. The van der Waals surface area contributed by atoms with Crippen LogP contribution in [-0.4, -0.2) is 30.0 Å². The van der Waals surface area contributed by atoms with E-state index in [0.29, 0.717) is 6.04 Å². The van der Waals surface area contributed by atoms with Crippen LogP contribution >= 0.6 is 0 Å². The molecule has 1 atom stereocenters. The van der Waals surface area contributed by atoms with Crippen molar-refractivity contribution in [3.63, 3.8) is 0 Å². The standard InChI is InChI=1S/C16H21NO2/c1-12-4-8-14(9-5-12)19-11-16(18)17-10-2-3-15(17)13-6-7-13/h4-5,8-9,13,15H,2-3,6-7,10-11H2,1H3. The number of carbonyl (C=O) groups is 1. The van der Waals surface area contributed by atoms with Crippen molar-refractivity contribution in [2.45, 2.75) is 38.6 Å². The van der Waals surface area contributed by atoms with Gasteiger partial charge in [-0.1, -0.05) is 17.7 Å². The second kappa shape index (κ2) is 5.24. The summed E-state index contributed by atoms with van der Waals surface area (Å²) in [6.07, 6.45) is 4.93. The van der Waals surface area contributed by atoms with Crippen LogP contribution in [0.4, 0.5) is 0 Å². The zero-order chi connectivity index (χ0) is 13.2. The molecule has 1 aromatic carbocycles. The average molecular weight is 259 g/mol. The smallest absolute Gasteiger partial charge is 0.260 e. The number of carbonyl (C=O) groups excluding carboxylic acids is 1. The minimum atomic E-state index is 0.148. The van der Waals surface area contributed by atoms with Crippen LogP contribution in [-0.2, 0) is 4.79 Å². The lowest BCUT2D eigenvalue weighted by molar-refractivity contribution is -0.134. The number of ether oxygens (including phenoxy) is 1. The molecule has 1 aliphatic heterocycles. The zero-order valence-corrected chi connectivity index (χ0v) is 11.5. The topological polar surface area (TPSA) is 29.5 Å². The van der Waals surface area contributed by atoms with Gasteiger partial charge in [0.25, 0.3) is 5.91 Å². The Bertz CT molecular complexity index is 450. The SMILES string of the molecule is Cc1ccc(OCC(=O)N2CCCC2C2CC2)cc1. The van der Waals surface area contributed by atoms with Gasteiger partial charge in [-0.2, -0.15) is 0 Å². The van der Waals surface area contributed by atoms with E-state index in [1.165, 1.54) is 24.8 Å². The molecular formula is C16H21NO2. The zero-order valence-electron chi connectivity index (χ0n) is 11.5. The Hall–Kier alpha value is -1.51. The van der Waals surface area contributed by atoms with E-state index in [9.17, 15) is 4.79 Å². The van der Waals surface area contributed by atoms with Gasteiger partial charge in [-0.05, 0) is 50.7 Å². The Labute approximate surface area is 114 Å². The molecule has 2 fully saturated rings. The Kier molecular flexibility index (Phi) is 3.45. The largest absolute Gasteiger partial charge is 0.484 e. The molecule has 1 heterocycles. The molecule has 3 nitrogen and oxygen atoms in total. The first-order chi connectivity index (χ1) is 9.24. The molecule has 1 saturated carbocycles. The molecule has 1 aromatic rings. The normalized spacial score (nSPS) is 22.6. The molecule has 1 saturated heterocycles. The van der Waals surface area contributed by atoms with Gasteiger partial charge >= 0.3 is 0 Å². The summed E-state index contributed by atoms with van der Waals surface area (Å²) in [5.74, 6) is 1.70. The molecule has 102 valence electrons. The summed E-state index contributed by atoms with van der Waals surface area (Å²) in [6.45, 7) is 3.13. The summed E-state index contributed by atoms with van der Waals surface area (Å²) in [5, 5.41) is 0. The number of amides is 1. The van der Waals surface area contributed by atoms with E-state index in [1.54, 1.807) is 0 Å². The lowest BCUT2D eigenvalue weighted by Gasteiger charge is -2.24. The summed E-state index contributed by atoms with van der Waals surface area (Å²) in [5.41, 5.74) is 1.20. The van der Waals surface area contributed by atoms with Gasteiger partial charge in [-0.25, -0.2) is 0 Å². The van der Waals surface area contributed by atoms with Gasteiger partial charge < -0.3 is 9.64 Å². The van der Waals surface area contributed by atoms with Gasteiger partial charge in [0.2, 0.25) is 0 Å². The van der Waals surface area contributed by atoms with Crippen molar-refractivity contribution in [3.8, 4) is 5.75 Å². The average Bonchev–Trinajstić information content (AvgIpc) is 3.15. The summed E-state index contributed by atoms with van der Waals surface area (Å²) in [7, 11) is 0. The molecule has 2 aliphatic rings. The molecule has 1 amide bonds. The minimum Gasteiger partial charge on any atom is -0.484 e. The Morgan fingerprint density at radius 2 is 2.00 bits per heavy atom.